The van der Waals surface area contributed by atoms with Gasteiger partial charge in [-0.3, -0.25) is 9.48 Å². The molecule has 1 amide bonds. The van der Waals surface area contributed by atoms with Crippen molar-refractivity contribution in [2.75, 3.05) is 19.8 Å². The third-order valence-electron chi connectivity index (χ3n) is 5.18. The Morgan fingerprint density at radius 3 is 3.08 bits per heavy atom. The van der Waals surface area contributed by atoms with Gasteiger partial charge in [-0.15, -0.1) is 0 Å². The molecule has 5 heteroatoms. The van der Waals surface area contributed by atoms with Crippen molar-refractivity contribution in [1.29, 1.82) is 0 Å². The van der Waals surface area contributed by atoms with E-state index in [-0.39, 0.29) is 11.8 Å². The molecular formula is C19H23N3O2. The summed E-state index contributed by atoms with van der Waals surface area (Å²) in [5.41, 5.74) is 4.37. The van der Waals surface area contributed by atoms with E-state index in [1.165, 1.54) is 11.1 Å². The average Bonchev–Trinajstić information content (AvgIpc) is 3.32. The topological polar surface area (TPSA) is 56.2 Å². The lowest BCUT2D eigenvalue weighted by atomic mass is 9.99. The van der Waals surface area contributed by atoms with E-state index in [0.717, 1.165) is 31.6 Å². The smallest absolute Gasteiger partial charge is 0.254 e. The minimum atomic E-state index is -0.0191. The molecule has 1 aromatic carbocycles. The zero-order valence-corrected chi connectivity index (χ0v) is 14.0. The van der Waals surface area contributed by atoms with Crippen LogP contribution in [-0.4, -0.2) is 35.4 Å². The number of aryl methyl sites for hydroxylation is 2. The summed E-state index contributed by atoms with van der Waals surface area (Å²) in [6, 6.07) is 8.55. The molecule has 1 N–H and O–H groups in total. The van der Waals surface area contributed by atoms with Crippen LogP contribution in [0.15, 0.2) is 30.5 Å². The number of nitrogens with one attached hydrogen (secondary N) is 1. The first-order chi connectivity index (χ1) is 11.7. The molecule has 0 saturated carbocycles. The lowest BCUT2D eigenvalue weighted by Crippen LogP contribution is -2.28. The molecular weight excluding hydrogens is 302 g/mol. The SMILES string of the molecule is Cn1cc(C(=O)NCC2CCc3ccccc32)c(C2CCOC2)n1. The summed E-state index contributed by atoms with van der Waals surface area (Å²) in [5.74, 6) is 0.633. The van der Waals surface area contributed by atoms with Gasteiger partial charge in [-0.05, 0) is 30.4 Å². The van der Waals surface area contributed by atoms with Crippen LogP contribution < -0.4 is 5.32 Å². The van der Waals surface area contributed by atoms with Crippen molar-refractivity contribution in [2.24, 2.45) is 7.05 Å². The summed E-state index contributed by atoms with van der Waals surface area (Å²) in [4.78, 5) is 12.7. The van der Waals surface area contributed by atoms with Gasteiger partial charge in [0.05, 0.1) is 17.9 Å². The normalized spacial score (nSPS) is 22.5. The van der Waals surface area contributed by atoms with E-state index in [9.17, 15) is 4.79 Å². The lowest BCUT2D eigenvalue weighted by Gasteiger charge is -2.13. The van der Waals surface area contributed by atoms with Gasteiger partial charge < -0.3 is 10.1 Å². The Kier molecular flexibility index (Phi) is 4.10. The summed E-state index contributed by atoms with van der Waals surface area (Å²) >= 11 is 0. The number of rotatable bonds is 4. The van der Waals surface area contributed by atoms with E-state index in [4.69, 9.17) is 4.74 Å². The van der Waals surface area contributed by atoms with Gasteiger partial charge in [-0.1, -0.05) is 24.3 Å². The van der Waals surface area contributed by atoms with Gasteiger partial charge in [0.1, 0.15) is 0 Å². The number of carbonyl (C=O) groups is 1. The van der Waals surface area contributed by atoms with E-state index in [1.54, 1.807) is 4.68 Å². The van der Waals surface area contributed by atoms with Crippen molar-refractivity contribution in [3.63, 3.8) is 0 Å². The first kappa shape index (κ1) is 15.4. The maximum Gasteiger partial charge on any atom is 0.254 e. The monoisotopic (exact) mass is 325 g/mol. The van der Waals surface area contributed by atoms with Gasteiger partial charge in [0.15, 0.2) is 0 Å². The Hall–Kier alpha value is -2.14. The highest BCUT2D eigenvalue weighted by Crippen LogP contribution is 2.32. The fraction of sp³-hybridized carbons (Fsp3) is 0.474. The quantitative estimate of drug-likeness (QED) is 0.939. The maximum absolute atomic E-state index is 12.7. The second-order valence-electron chi connectivity index (χ2n) is 6.81. The molecule has 2 heterocycles. The molecule has 1 aliphatic carbocycles. The summed E-state index contributed by atoms with van der Waals surface area (Å²) in [6.07, 6.45) is 4.98. The highest BCUT2D eigenvalue weighted by atomic mass is 16.5. The van der Waals surface area contributed by atoms with Gasteiger partial charge >= 0.3 is 0 Å². The first-order valence-corrected chi connectivity index (χ1v) is 8.69. The summed E-state index contributed by atoms with van der Waals surface area (Å²) in [7, 11) is 1.86. The Balaban J connectivity index is 1.46. The minimum Gasteiger partial charge on any atom is -0.381 e. The molecule has 1 fully saturated rings. The van der Waals surface area contributed by atoms with Crippen molar-refractivity contribution in [1.82, 2.24) is 15.1 Å². The predicted octanol–water partition coefficient (Wildman–Crippen LogP) is 2.38. The summed E-state index contributed by atoms with van der Waals surface area (Å²) < 4.78 is 7.18. The molecule has 2 atom stereocenters. The molecule has 0 radical (unpaired) electrons. The van der Waals surface area contributed by atoms with E-state index in [0.29, 0.717) is 24.6 Å². The van der Waals surface area contributed by atoms with Crippen LogP contribution in [0.25, 0.3) is 0 Å². The number of hydrogen-bond donors (Lipinski definition) is 1. The fourth-order valence-corrected chi connectivity index (χ4v) is 3.90. The molecule has 2 aliphatic rings. The molecule has 1 aliphatic heterocycles. The van der Waals surface area contributed by atoms with Crippen LogP contribution in [0.5, 0.6) is 0 Å². The van der Waals surface area contributed by atoms with Crippen LogP contribution in [0.1, 0.15) is 51.9 Å². The van der Waals surface area contributed by atoms with E-state index in [1.807, 2.05) is 13.2 Å². The van der Waals surface area contributed by atoms with Gasteiger partial charge in [0.25, 0.3) is 5.91 Å². The van der Waals surface area contributed by atoms with Crippen molar-refractivity contribution < 1.29 is 9.53 Å². The first-order valence-electron chi connectivity index (χ1n) is 8.69. The second kappa shape index (κ2) is 6.40. The Labute approximate surface area is 142 Å². The van der Waals surface area contributed by atoms with E-state index < -0.39 is 0 Å². The van der Waals surface area contributed by atoms with Crippen molar-refractivity contribution in [3.8, 4) is 0 Å². The number of benzene rings is 1. The van der Waals surface area contributed by atoms with Crippen LogP contribution in [-0.2, 0) is 18.2 Å². The van der Waals surface area contributed by atoms with Gasteiger partial charge in [-0.25, -0.2) is 0 Å². The van der Waals surface area contributed by atoms with Crippen LogP contribution in [0.2, 0.25) is 0 Å². The number of ether oxygens (including phenoxy) is 1. The third-order valence-corrected chi connectivity index (χ3v) is 5.18. The Morgan fingerprint density at radius 1 is 1.38 bits per heavy atom. The van der Waals surface area contributed by atoms with Crippen LogP contribution in [0.3, 0.4) is 0 Å². The van der Waals surface area contributed by atoms with Crippen LogP contribution in [0.4, 0.5) is 0 Å². The molecule has 4 rings (SSSR count). The zero-order chi connectivity index (χ0) is 16.5. The fourth-order valence-electron chi connectivity index (χ4n) is 3.90. The van der Waals surface area contributed by atoms with Crippen LogP contribution in [0, 0.1) is 0 Å². The number of carbonyl (C=O) groups excluding carboxylic acids is 1. The van der Waals surface area contributed by atoms with E-state index >= 15 is 0 Å². The molecule has 0 bridgehead atoms. The molecule has 0 spiro atoms. The lowest BCUT2D eigenvalue weighted by molar-refractivity contribution is 0.0949. The van der Waals surface area contributed by atoms with Gasteiger partial charge in [-0.2, -0.15) is 5.10 Å². The van der Waals surface area contributed by atoms with Crippen molar-refractivity contribution in [2.45, 2.75) is 31.1 Å². The highest BCUT2D eigenvalue weighted by molar-refractivity contribution is 5.95. The molecule has 2 aromatic rings. The number of amides is 1. The summed E-state index contributed by atoms with van der Waals surface area (Å²) in [5, 5.41) is 7.63. The second-order valence-corrected chi connectivity index (χ2v) is 6.81. The van der Waals surface area contributed by atoms with E-state index in [2.05, 4.69) is 34.7 Å². The predicted molar refractivity (Wildman–Crippen MR) is 91.2 cm³/mol. The standard InChI is InChI=1S/C19H23N3O2/c1-22-11-17(18(21-22)15-8-9-24-12-15)19(23)20-10-14-7-6-13-4-2-3-5-16(13)14/h2-5,11,14-15H,6-10,12H2,1H3,(H,20,23). The van der Waals surface area contributed by atoms with Crippen molar-refractivity contribution >= 4 is 5.91 Å². The third kappa shape index (κ3) is 2.84. The maximum atomic E-state index is 12.7. The number of fused-ring (bicyclic) bond motifs is 1. The van der Waals surface area contributed by atoms with Gasteiger partial charge in [0, 0.05) is 38.2 Å². The largest absolute Gasteiger partial charge is 0.381 e. The number of aromatic nitrogens is 2. The molecule has 126 valence electrons. The zero-order valence-electron chi connectivity index (χ0n) is 14.0. The minimum absolute atomic E-state index is 0.0191. The highest BCUT2D eigenvalue weighted by Gasteiger charge is 2.28. The number of nitrogens with zero attached hydrogens (tertiary/aromatic N) is 2. The summed E-state index contributed by atoms with van der Waals surface area (Å²) in [6.45, 7) is 2.10. The molecule has 24 heavy (non-hydrogen) atoms. The molecule has 1 aromatic heterocycles. The molecule has 2 unspecified atom stereocenters. The number of hydrogen-bond acceptors (Lipinski definition) is 3. The average molecular weight is 325 g/mol. The Morgan fingerprint density at radius 2 is 2.25 bits per heavy atom. The van der Waals surface area contributed by atoms with Crippen LogP contribution >= 0.6 is 0 Å². The van der Waals surface area contributed by atoms with Gasteiger partial charge in [0.2, 0.25) is 0 Å². The molecule has 5 nitrogen and oxygen atoms in total. The molecule has 1 saturated heterocycles. The Bertz CT molecular complexity index is 747. The van der Waals surface area contributed by atoms with Crippen molar-refractivity contribution in [3.05, 3.63) is 52.8 Å².